The van der Waals surface area contributed by atoms with E-state index in [0.29, 0.717) is 6.42 Å². The van der Waals surface area contributed by atoms with Gasteiger partial charge >= 0.3 is 6.03 Å². The van der Waals surface area contributed by atoms with E-state index in [9.17, 15) is 13.2 Å². The number of urea groups is 1. The number of nitrogens with zero attached hydrogens (tertiary/aromatic N) is 3. The number of imidazole rings is 1. The van der Waals surface area contributed by atoms with E-state index in [1.165, 1.54) is 17.7 Å². The molecule has 0 aliphatic carbocycles. The summed E-state index contributed by atoms with van der Waals surface area (Å²) in [6.45, 7) is 6.20. The van der Waals surface area contributed by atoms with Gasteiger partial charge < -0.3 is 5.32 Å². The predicted molar refractivity (Wildman–Crippen MR) is 161 cm³/mol. The molecule has 8 nitrogen and oxygen atoms in total. The van der Waals surface area contributed by atoms with E-state index in [4.69, 9.17) is 9.97 Å². The number of hydrogen-bond acceptors (Lipinski definition) is 5. The van der Waals surface area contributed by atoms with Crippen LogP contribution in [0.15, 0.2) is 89.8 Å². The lowest BCUT2D eigenvalue weighted by molar-refractivity contribution is 0.246. The number of rotatable bonds is 9. The van der Waals surface area contributed by atoms with Crippen LogP contribution in [0, 0.1) is 20.8 Å². The van der Waals surface area contributed by atoms with Crippen LogP contribution < -0.4 is 10.0 Å². The highest BCUT2D eigenvalue weighted by molar-refractivity contribution is 7.90. The fraction of sp³-hybridized carbons (Fsp3) is 0.219. The molecule has 2 heterocycles. The number of pyridine rings is 1. The fourth-order valence-electron chi connectivity index (χ4n) is 4.81. The van der Waals surface area contributed by atoms with E-state index < -0.39 is 16.1 Å². The van der Waals surface area contributed by atoms with Gasteiger partial charge in [0.1, 0.15) is 11.3 Å². The molecule has 3 aromatic carbocycles. The van der Waals surface area contributed by atoms with Crippen LogP contribution in [0.2, 0.25) is 0 Å². The number of fused-ring (bicyclic) bond motifs is 1. The van der Waals surface area contributed by atoms with Crippen molar-refractivity contribution >= 4 is 27.2 Å². The van der Waals surface area contributed by atoms with Crippen LogP contribution >= 0.6 is 0 Å². The number of nitrogens with one attached hydrogen (secondary N) is 2. The average molecular weight is 568 g/mol. The summed E-state index contributed by atoms with van der Waals surface area (Å²) in [6, 6.07) is 26.1. The number of sulfonamides is 1. The standard InChI is InChI=1S/C32H33N5O3S/c1-22-9-16-28(17-10-22)41(39,40)36-32(38)33-20-19-26-11-14-27(15-12-26)37-29(18-13-25-7-5-4-6-8-25)35-30-23(2)21-24(3)34-31(30)37/h4-12,14-17,21H,13,18-20H2,1-3H3,(H2,33,36,38). The van der Waals surface area contributed by atoms with E-state index in [0.717, 1.165) is 57.9 Å². The third-order valence-corrected chi connectivity index (χ3v) is 8.28. The minimum Gasteiger partial charge on any atom is -0.337 e. The molecule has 0 aliphatic rings. The molecule has 41 heavy (non-hydrogen) atoms. The molecule has 0 radical (unpaired) electrons. The van der Waals surface area contributed by atoms with Gasteiger partial charge in [0, 0.05) is 24.3 Å². The maximum Gasteiger partial charge on any atom is 0.328 e. The van der Waals surface area contributed by atoms with Gasteiger partial charge in [-0.2, -0.15) is 0 Å². The Hall–Kier alpha value is -4.50. The van der Waals surface area contributed by atoms with Crippen LogP contribution in [-0.2, 0) is 29.3 Å². The lowest BCUT2D eigenvalue weighted by Gasteiger charge is -2.11. The highest BCUT2D eigenvalue weighted by Crippen LogP contribution is 2.25. The molecule has 0 unspecified atom stereocenters. The number of carbonyl (C=O) groups is 1. The maximum atomic E-state index is 12.4. The first kappa shape index (κ1) is 28.0. The summed E-state index contributed by atoms with van der Waals surface area (Å²) < 4.78 is 29.1. The van der Waals surface area contributed by atoms with Crippen LogP contribution in [0.3, 0.4) is 0 Å². The Morgan fingerprint density at radius 3 is 2.20 bits per heavy atom. The Bertz CT molecular complexity index is 1780. The predicted octanol–water partition coefficient (Wildman–Crippen LogP) is 5.36. The number of hydrogen-bond donors (Lipinski definition) is 2. The molecule has 210 valence electrons. The Kier molecular flexibility index (Phi) is 8.16. The highest BCUT2D eigenvalue weighted by Gasteiger charge is 2.18. The summed E-state index contributed by atoms with van der Waals surface area (Å²) in [5, 5.41) is 2.63. The second kappa shape index (κ2) is 11.9. The van der Waals surface area contributed by atoms with E-state index in [1.54, 1.807) is 12.1 Å². The molecule has 0 saturated heterocycles. The van der Waals surface area contributed by atoms with Gasteiger partial charge in [-0.3, -0.25) is 4.57 Å². The summed E-state index contributed by atoms with van der Waals surface area (Å²) >= 11 is 0. The lowest BCUT2D eigenvalue weighted by Crippen LogP contribution is -2.40. The van der Waals surface area contributed by atoms with Gasteiger partial charge in [-0.1, -0.05) is 60.2 Å². The molecular formula is C32H33N5O3S. The third kappa shape index (κ3) is 6.63. The second-order valence-corrected chi connectivity index (χ2v) is 11.9. The molecule has 9 heteroatoms. The number of carbonyl (C=O) groups excluding carboxylic acids is 1. The van der Waals surface area contributed by atoms with Crippen LogP contribution in [0.25, 0.3) is 16.9 Å². The second-order valence-electron chi connectivity index (χ2n) is 10.2. The van der Waals surface area contributed by atoms with Crippen molar-refractivity contribution in [3.05, 3.63) is 119 Å². The molecule has 2 N–H and O–H groups in total. The molecule has 0 spiro atoms. The van der Waals surface area contributed by atoms with Crippen LogP contribution in [0.4, 0.5) is 4.79 Å². The summed E-state index contributed by atoms with van der Waals surface area (Å²) in [7, 11) is -3.93. The van der Waals surface area contributed by atoms with Crippen molar-refractivity contribution < 1.29 is 13.2 Å². The van der Waals surface area contributed by atoms with Crippen LogP contribution in [-0.4, -0.2) is 35.5 Å². The van der Waals surface area contributed by atoms with Gasteiger partial charge in [-0.05, 0) is 80.6 Å². The van der Waals surface area contributed by atoms with Gasteiger partial charge in [0.25, 0.3) is 10.0 Å². The van der Waals surface area contributed by atoms with Gasteiger partial charge in [0.05, 0.1) is 4.90 Å². The van der Waals surface area contributed by atoms with Crippen molar-refractivity contribution in [3.8, 4) is 5.69 Å². The molecule has 5 rings (SSSR count). The number of amides is 2. The number of benzene rings is 3. The normalized spacial score (nSPS) is 11.5. The van der Waals surface area contributed by atoms with Crippen molar-refractivity contribution in [2.24, 2.45) is 0 Å². The van der Waals surface area contributed by atoms with E-state index in [1.807, 2.05) is 56.3 Å². The fourth-order valence-corrected chi connectivity index (χ4v) is 5.74. The van der Waals surface area contributed by atoms with Crippen molar-refractivity contribution in [2.45, 2.75) is 44.9 Å². The molecule has 2 amide bonds. The summed E-state index contributed by atoms with van der Waals surface area (Å²) in [6.07, 6.45) is 2.18. The molecule has 0 fully saturated rings. The minimum atomic E-state index is -3.93. The summed E-state index contributed by atoms with van der Waals surface area (Å²) in [4.78, 5) is 22.1. The topological polar surface area (TPSA) is 106 Å². The first-order valence-electron chi connectivity index (χ1n) is 13.6. The summed E-state index contributed by atoms with van der Waals surface area (Å²) in [5.74, 6) is 0.950. The highest BCUT2D eigenvalue weighted by atomic mass is 32.2. The Morgan fingerprint density at radius 1 is 0.805 bits per heavy atom. The largest absolute Gasteiger partial charge is 0.337 e. The van der Waals surface area contributed by atoms with E-state index in [-0.39, 0.29) is 11.4 Å². The SMILES string of the molecule is Cc1ccc(S(=O)(=O)NC(=O)NCCc2ccc(-n3c(CCc4ccccc4)nc4c(C)cc(C)nc43)cc2)cc1. The maximum absolute atomic E-state index is 12.4. The van der Waals surface area contributed by atoms with Crippen molar-refractivity contribution in [3.63, 3.8) is 0 Å². The Labute approximate surface area is 240 Å². The quantitative estimate of drug-likeness (QED) is 0.249. The molecular weight excluding hydrogens is 534 g/mol. The zero-order valence-electron chi connectivity index (χ0n) is 23.4. The van der Waals surface area contributed by atoms with Crippen molar-refractivity contribution in [1.82, 2.24) is 24.6 Å². The van der Waals surface area contributed by atoms with E-state index in [2.05, 4.69) is 39.7 Å². The zero-order valence-corrected chi connectivity index (χ0v) is 24.2. The smallest absolute Gasteiger partial charge is 0.328 e. The van der Waals surface area contributed by atoms with Crippen molar-refractivity contribution in [2.75, 3.05) is 6.54 Å². The van der Waals surface area contributed by atoms with Gasteiger partial charge in [-0.15, -0.1) is 0 Å². The molecule has 0 aliphatic heterocycles. The molecule has 0 saturated carbocycles. The van der Waals surface area contributed by atoms with Gasteiger partial charge in [0.15, 0.2) is 5.65 Å². The monoisotopic (exact) mass is 567 g/mol. The molecule has 5 aromatic rings. The molecule has 0 bridgehead atoms. The molecule has 0 atom stereocenters. The first-order valence-corrected chi connectivity index (χ1v) is 15.0. The first-order chi connectivity index (χ1) is 19.7. The number of aromatic nitrogens is 3. The lowest BCUT2D eigenvalue weighted by atomic mass is 10.1. The third-order valence-electron chi connectivity index (χ3n) is 6.94. The average Bonchev–Trinajstić information content (AvgIpc) is 3.31. The summed E-state index contributed by atoms with van der Waals surface area (Å²) in [5.41, 5.74) is 7.94. The number of aryl methyl sites for hydroxylation is 5. The van der Waals surface area contributed by atoms with Crippen LogP contribution in [0.5, 0.6) is 0 Å². The van der Waals surface area contributed by atoms with Crippen molar-refractivity contribution in [1.29, 1.82) is 0 Å². The Balaban J connectivity index is 1.28. The minimum absolute atomic E-state index is 0.0453. The van der Waals surface area contributed by atoms with Gasteiger partial charge in [0.2, 0.25) is 0 Å². The van der Waals surface area contributed by atoms with Crippen LogP contribution in [0.1, 0.15) is 33.8 Å². The zero-order chi connectivity index (χ0) is 29.0. The van der Waals surface area contributed by atoms with E-state index >= 15 is 0 Å². The molecule has 2 aromatic heterocycles. The van der Waals surface area contributed by atoms with Gasteiger partial charge in [-0.25, -0.2) is 27.9 Å². The Morgan fingerprint density at radius 2 is 1.49 bits per heavy atom.